The summed E-state index contributed by atoms with van der Waals surface area (Å²) in [5.41, 5.74) is 16.6. The first-order valence-corrected chi connectivity index (χ1v) is 15.2. The minimum Gasteiger partial charge on any atom is -0.507 e. The Morgan fingerprint density at radius 3 is 1.10 bits per heavy atom. The van der Waals surface area contributed by atoms with Crippen molar-refractivity contribution >= 4 is 5.57 Å². The summed E-state index contributed by atoms with van der Waals surface area (Å²) in [4.78, 5) is 0. The molecule has 0 radical (unpaired) electrons. The third kappa shape index (κ3) is 5.14. The van der Waals surface area contributed by atoms with E-state index in [2.05, 4.69) is 75.3 Å². The fourth-order valence-corrected chi connectivity index (χ4v) is 8.11. The van der Waals surface area contributed by atoms with Crippen molar-refractivity contribution in [2.24, 2.45) is 0 Å². The highest BCUT2D eigenvalue weighted by atomic mass is 16.3. The first-order chi connectivity index (χ1) is 19.1. The molecule has 0 fully saturated rings. The molecule has 3 N–H and O–H groups in total. The molecule has 1 unspecified atom stereocenters. The molecule has 3 aromatic rings. The topological polar surface area (TPSA) is 60.7 Å². The lowest BCUT2D eigenvalue weighted by molar-refractivity contribution is 0.372. The van der Waals surface area contributed by atoms with Crippen LogP contribution in [0.15, 0.2) is 6.08 Å². The van der Waals surface area contributed by atoms with Crippen molar-refractivity contribution in [2.75, 3.05) is 0 Å². The van der Waals surface area contributed by atoms with E-state index >= 15 is 0 Å². The van der Waals surface area contributed by atoms with Gasteiger partial charge in [0.15, 0.2) is 0 Å². The molecule has 0 aliphatic carbocycles. The molecule has 3 heteroatoms. The zero-order valence-electron chi connectivity index (χ0n) is 29.1. The molecule has 3 rings (SSSR count). The van der Waals surface area contributed by atoms with Gasteiger partial charge in [0.2, 0.25) is 0 Å². The first kappa shape index (κ1) is 33.3. The summed E-state index contributed by atoms with van der Waals surface area (Å²) >= 11 is 0. The summed E-state index contributed by atoms with van der Waals surface area (Å²) in [5, 5.41) is 32.6. The average molecular weight is 571 g/mol. The molecule has 0 aliphatic heterocycles. The Bertz CT molecular complexity index is 1540. The summed E-state index contributed by atoms with van der Waals surface area (Å²) in [6.45, 7) is 34.0. The quantitative estimate of drug-likeness (QED) is 0.276. The van der Waals surface area contributed by atoms with E-state index in [9.17, 15) is 15.3 Å². The third-order valence-corrected chi connectivity index (χ3v) is 10.7. The van der Waals surface area contributed by atoms with Gasteiger partial charge in [-0.25, -0.2) is 0 Å². The lowest BCUT2D eigenvalue weighted by Crippen LogP contribution is -2.34. The molecule has 3 aromatic carbocycles. The molecule has 0 aromatic heterocycles. The van der Waals surface area contributed by atoms with E-state index in [1.54, 1.807) is 0 Å². The van der Waals surface area contributed by atoms with Crippen molar-refractivity contribution in [1.82, 2.24) is 0 Å². The molecule has 1 atom stereocenters. The van der Waals surface area contributed by atoms with Gasteiger partial charge in [-0.2, -0.15) is 0 Å². The summed E-state index contributed by atoms with van der Waals surface area (Å²) in [6.07, 6.45) is 3.26. The molecule has 3 nitrogen and oxygen atoms in total. The van der Waals surface area contributed by atoms with Crippen LogP contribution in [0.2, 0.25) is 0 Å². The molecule has 0 amide bonds. The van der Waals surface area contributed by atoms with E-state index in [1.165, 1.54) is 22.3 Å². The number of allylic oxidation sites excluding steroid dienone is 2. The van der Waals surface area contributed by atoms with Crippen LogP contribution in [-0.4, -0.2) is 15.3 Å². The lowest BCUT2D eigenvalue weighted by atomic mass is 9.62. The number of hydrogen-bond acceptors (Lipinski definition) is 3. The van der Waals surface area contributed by atoms with Gasteiger partial charge >= 0.3 is 0 Å². The highest BCUT2D eigenvalue weighted by Crippen LogP contribution is 2.49. The third-order valence-electron chi connectivity index (χ3n) is 10.7. The summed E-state index contributed by atoms with van der Waals surface area (Å²) in [6, 6.07) is 0. The number of phenolic OH excluding ortho intramolecular Hbond substituents is 3. The Hall–Kier alpha value is -3.20. The van der Waals surface area contributed by atoms with Crippen molar-refractivity contribution in [3.8, 4) is 17.2 Å². The second-order valence-electron chi connectivity index (χ2n) is 14.0. The zero-order chi connectivity index (χ0) is 32.4. The molecule has 0 saturated heterocycles. The van der Waals surface area contributed by atoms with Crippen LogP contribution < -0.4 is 0 Å². The Morgan fingerprint density at radius 2 is 0.762 bits per heavy atom. The SMILES string of the molecule is CC(=CC(C)(CC(C)(C)c1c(C)c(C)c(O)c(C)c1C)c1c(C)c(C)c(O)c(C)c1C)c1c(C)c(C)c(O)c(C)c1C. The van der Waals surface area contributed by atoms with E-state index in [0.29, 0.717) is 17.2 Å². The van der Waals surface area contributed by atoms with Gasteiger partial charge in [0.05, 0.1) is 0 Å². The van der Waals surface area contributed by atoms with Crippen LogP contribution in [0.5, 0.6) is 17.2 Å². The average Bonchev–Trinajstić information content (AvgIpc) is 2.90. The van der Waals surface area contributed by atoms with Crippen LogP contribution in [-0.2, 0) is 10.8 Å². The molecule has 0 bridgehead atoms. The van der Waals surface area contributed by atoms with E-state index in [1.807, 2.05) is 41.5 Å². The second-order valence-corrected chi connectivity index (χ2v) is 14.0. The van der Waals surface area contributed by atoms with Crippen LogP contribution in [0.4, 0.5) is 0 Å². The monoisotopic (exact) mass is 570 g/mol. The van der Waals surface area contributed by atoms with Gasteiger partial charge in [-0.05, 0) is 191 Å². The Balaban J connectivity index is 2.46. The van der Waals surface area contributed by atoms with Crippen molar-refractivity contribution in [3.63, 3.8) is 0 Å². The standard InChI is InChI=1S/C39H54O3/c1-19(32-20(2)26(8)35(40)27(9)21(32)3)17-39(16,34-24(6)30(12)37(42)31(13)25(34)7)18-38(14,15)33-22(4)28(10)36(41)29(11)23(33)5/h17,40-42H,18H2,1-16H3. The van der Waals surface area contributed by atoms with Gasteiger partial charge in [0.25, 0.3) is 0 Å². The van der Waals surface area contributed by atoms with Gasteiger partial charge in [-0.3, -0.25) is 0 Å². The minimum atomic E-state index is -0.401. The zero-order valence-corrected chi connectivity index (χ0v) is 29.1. The predicted molar refractivity (Wildman–Crippen MR) is 180 cm³/mol. The summed E-state index contributed by atoms with van der Waals surface area (Å²) in [7, 11) is 0. The highest BCUT2D eigenvalue weighted by molar-refractivity contribution is 5.75. The number of phenols is 3. The van der Waals surface area contributed by atoms with Gasteiger partial charge in [0, 0.05) is 5.41 Å². The Kier molecular flexibility index (Phi) is 8.83. The Labute approximate surface area is 255 Å². The van der Waals surface area contributed by atoms with Crippen LogP contribution in [0.1, 0.15) is 118 Å². The minimum absolute atomic E-state index is 0.244. The smallest absolute Gasteiger partial charge is 0.121 e. The molecule has 228 valence electrons. The molecule has 0 spiro atoms. The maximum atomic E-state index is 11.0. The van der Waals surface area contributed by atoms with Gasteiger partial charge in [-0.15, -0.1) is 0 Å². The van der Waals surface area contributed by atoms with Crippen LogP contribution >= 0.6 is 0 Å². The largest absolute Gasteiger partial charge is 0.507 e. The molecule has 42 heavy (non-hydrogen) atoms. The molecular formula is C39H54O3. The lowest BCUT2D eigenvalue weighted by Gasteiger charge is -2.41. The van der Waals surface area contributed by atoms with Crippen molar-refractivity contribution in [1.29, 1.82) is 0 Å². The summed E-state index contributed by atoms with van der Waals surface area (Å²) in [5.74, 6) is 1.15. The predicted octanol–water partition coefficient (Wildman–Crippen LogP) is 10.2. The maximum absolute atomic E-state index is 11.0. The molecule has 0 aliphatic rings. The summed E-state index contributed by atoms with van der Waals surface area (Å²) < 4.78 is 0. The number of rotatable bonds is 6. The molecule has 0 heterocycles. The molecule has 0 saturated carbocycles. The van der Waals surface area contributed by atoms with Crippen LogP contribution in [0.25, 0.3) is 5.57 Å². The van der Waals surface area contributed by atoms with E-state index in [0.717, 1.165) is 73.2 Å². The fourth-order valence-electron chi connectivity index (χ4n) is 8.11. The van der Waals surface area contributed by atoms with Crippen LogP contribution in [0.3, 0.4) is 0 Å². The fraction of sp³-hybridized carbons (Fsp3) is 0.487. The van der Waals surface area contributed by atoms with Crippen molar-refractivity contribution in [2.45, 2.75) is 128 Å². The van der Waals surface area contributed by atoms with E-state index < -0.39 is 5.41 Å². The van der Waals surface area contributed by atoms with Crippen molar-refractivity contribution < 1.29 is 15.3 Å². The number of aromatic hydroxyl groups is 3. The highest BCUT2D eigenvalue weighted by Gasteiger charge is 2.39. The Morgan fingerprint density at radius 1 is 0.476 bits per heavy atom. The normalized spacial score (nSPS) is 14.0. The number of benzene rings is 3. The first-order valence-electron chi connectivity index (χ1n) is 15.2. The van der Waals surface area contributed by atoms with Gasteiger partial charge < -0.3 is 15.3 Å². The second kappa shape index (κ2) is 11.1. The van der Waals surface area contributed by atoms with Gasteiger partial charge in [0.1, 0.15) is 17.2 Å². The van der Waals surface area contributed by atoms with Crippen molar-refractivity contribution in [3.05, 3.63) is 89.5 Å². The van der Waals surface area contributed by atoms with Gasteiger partial charge in [-0.1, -0.05) is 26.8 Å². The molecular weight excluding hydrogens is 516 g/mol. The van der Waals surface area contributed by atoms with E-state index in [-0.39, 0.29) is 5.41 Å². The van der Waals surface area contributed by atoms with E-state index in [4.69, 9.17) is 0 Å². The van der Waals surface area contributed by atoms with Crippen LogP contribution in [0, 0.1) is 83.1 Å². The number of hydrogen-bond donors (Lipinski definition) is 3. The maximum Gasteiger partial charge on any atom is 0.121 e.